The Morgan fingerprint density at radius 1 is 1.39 bits per heavy atom. The van der Waals surface area contributed by atoms with Gasteiger partial charge in [0.05, 0.1) is 11.6 Å². The highest BCUT2D eigenvalue weighted by Gasteiger charge is 2.12. The van der Waals surface area contributed by atoms with Crippen LogP contribution in [0, 0.1) is 0 Å². The monoisotopic (exact) mass is 267 g/mol. The van der Waals surface area contributed by atoms with Gasteiger partial charge in [0.2, 0.25) is 0 Å². The third-order valence-electron chi connectivity index (χ3n) is 3.54. The molecule has 1 saturated heterocycles. The van der Waals surface area contributed by atoms with Crippen LogP contribution in [0.1, 0.15) is 38.2 Å². The molecule has 1 aliphatic rings. The van der Waals surface area contributed by atoms with Gasteiger partial charge in [-0.3, -0.25) is 0 Å². The second-order valence-electron chi connectivity index (χ2n) is 4.90. The highest BCUT2D eigenvalue weighted by atomic mass is 35.5. The Bertz CT molecular complexity index is 375. The lowest BCUT2D eigenvalue weighted by Crippen LogP contribution is -2.35. The first-order chi connectivity index (χ1) is 8.79. The lowest BCUT2D eigenvalue weighted by molar-refractivity contribution is 0.268. The van der Waals surface area contributed by atoms with E-state index in [9.17, 15) is 0 Å². The van der Waals surface area contributed by atoms with E-state index in [2.05, 4.69) is 18.3 Å². The molecule has 0 radical (unpaired) electrons. The zero-order valence-corrected chi connectivity index (χ0v) is 11.8. The number of benzene rings is 1. The number of nitrogens with one attached hydrogen (secondary N) is 1. The summed E-state index contributed by atoms with van der Waals surface area (Å²) < 4.78 is 5.77. The van der Waals surface area contributed by atoms with E-state index >= 15 is 0 Å². The number of piperidine rings is 1. The first-order valence-electron chi connectivity index (χ1n) is 6.94. The summed E-state index contributed by atoms with van der Waals surface area (Å²) in [6.07, 6.45) is 5.98. The van der Waals surface area contributed by atoms with Crippen molar-refractivity contribution in [3.63, 3.8) is 0 Å². The van der Waals surface area contributed by atoms with Crippen LogP contribution >= 0.6 is 11.6 Å². The van der Waals surface area contributed by atoms with Crippen LogP contribution in [-0.2, 0) is 6.42 Å². The van der Waals surface area contributed by atoms with Crippen LogP contribution < -0.4 is 10.1 Å². The fourth-order valence-corrected chi connectivity index (χ4v) is 2.62. The minimum atomic E-state index is 0.618. The molecular formula is C15H22ClNO. The number of aryl methyl sites for hydroxylation is 1. The van der Waals surface area contributed by atoms with E-state index in [0.717, 1.165) is 36.8 Å². The van der Waals surface area contributed by atoms with Crippen molar-refractivity contribution >= 4 is 11.6 Å². The summed E-state index contributed by atoms with van der Waals surface area (Å²) in [6.45, 7) is 4.01. The molecular weight excluding hydrogens is 246 g/mol. The average Bonchev–Trinajstić information content (AvgIpc) is 2.42. The third-order valence-corrected chi connectivity index (χ3v) is 3.84. The molecule has 0 saturated carbocycles. The van der Waals surface area contributed by atoms with Crippen molar-refractivity contribution in [1.29, 1.82) is 0 Å². The molecule has 0 spiro atoms. The molecule has 1 atom stereocenters. The maximum absolute atomic E-state index is 6.19. The fraction of sp³-hybridized carbons (Fsp3) is 0.600. The maximum atomic E-state index is 6.19. The molecule has 1 N–H and O–H groups in total. The minimum Gasteiger partial charge on any atom is -0.492 e. The zero-order chi connectivity index (χ0) is 12.8. The molecule has 100 valence electrons. The van der Waals surface area contributed by atoms with Crippen LogP contribution in [0.3, 0.4) is 0 Å². The molecule has 0 amide bonds. The summed E-state index contributed by atoms with van der Waals surface area (Å²) in [5.41, 5.74) is 1.25. The summed E-state index contributed by atoms with van der Waals surface area (Å²) in [6, 6.07) is 6.68. The maximum Gasteiger partial charge on any atom is 0.137 e. The quantitative estimate of drug-likeness (QED) is 0.876. The summed E-state index contributed by atoms with van der Waals surface area (Å²) in [5, 5.41) is 4.25. The number of hydrogen-bond donors (Lipinski definition) is 1. The van der Waals surface area contributed by atoms with E-state index in [1.54, 1.807) is 0 Å². The lowest BCUT2D eigenvalue weighted by atomic mass is 10.0. The highest BCUT2D eigenvalue weighted by molar-refractivity contribution is 6.32. The van der Waals surface area contributed by atoms with Crippen molar-refractivity contribution in [1.82, 2.24) is 5.32 Å². The standard InChI is InChI=1S/C15H22ClNO/c1-2-12-6-7-15(14(16)11-12)18-10-8-13-5-3-4-9-17-13/h6-7,11,13,17H,2-5,8-10H2,1H3. The molecule has 3 heteroatoms. The summed E-state index contributed by atoms with van der Waals surface area (Å²) in [7, 11) is 0. The van der Waals surface area contributed by atoms with Gasteiger partial charge in [-0.15, -0.1) is 0 Å². The van der Waals surface area contributed by atoms with Crippen LogP contribution in [0.25, 0.3) is 0 Å². The Morgan fingerprint density at radius 3 is 2.94 bits per heavy atom. The van der Waals surface area contributed by atoms with E-state index in [0.29, 0.717) is 6.04 Å². The predicted molar refractivity (Wildman–Crippen MR) is 76.6 cm³/mol. The zero-order valence-electron chi connectivity index (χ0n) is 11.0. The Morgan fingerprint density at radius 2 is 2.28 bits per heavy atom. The Balaban J connectivity index is 1.79. The van der Waals surface area contributed by atoms with Gasteiger partial charge in [0.1, 0.15) is 5.75 Å². The van der Waals surface area contributed by atoms with Crippen LogP contribution in [0.2, 0.25) is 5.02 Å². The highest BCUT2D eigenvalue weighted by Crippen LogP contribution is 2.26. The molecule has 2 rings (SSSR count). The molecule has 0 aromatic heterocycles. The van der Waals surface area contributed by atoms with Crippen LogP contribution in [0.15, 0.2) is 18.2 Å². The van der Waals surface area contributed by atoms with Gasteiger partial charge in [-0.05, 0) is 49.9 Å². The van der Waals surface area contributed by atoms with Crippen LogP contribution in [0.5, 0.6) is 5.75 Å². The van der Waals surface area contributed by atoms with E-state index in [-0.39, 0.29) is 0 Å². The van der Waals surface area contributed by atoms with Gasteiger partial charge >= 0.3 is 0 Å². The first kappa shape index (κ1) is 13.7. The van der Waals surface area contributed by atoms with Crippen molar-refractivity contribution in [2.75, 3.05) is 13.2 Å². The topological polar surface area (TPSA) is 21.3 Å². The Hall–Kier alpha value is -0.730. The second kappa shape index (κ2) is 7.01. The first-order valence-corrected chi connectivity index (χ1v) is 7.32. The minimum absolute atomic E-state index is 0.618. The molecule has 1 heterocycles. The summed E-state index contributed by atoms with van der Waals surface area (Å²) >= 11 is 6.19. The molecule has 2 nitrogen and oxygen atoms in total. The van der Waals surface area contributed by atoms with Gasteiger partial charge in [-0.1, -0.05) is 31.0 Å². The Kier molecular flexibility index (Phi) is 5.33. The molecule has 0 bridgehead atoms. The largest absolute Gasteiger partial charge is 0.492 e. The van der Waals surface area contributed by atoms with Gasteiger partial charge in [-0.2, -0.15) is 0 Å². The van der Waals surface area contributed by atoms with Crippen LogP contribution in [-0.4, -0.2) is 19.2 Å². The lowest BCUT2D eigenvalue weighted by Gasteiger charge is -2.23. The van der Waals surface area contributed by atoms with Crippen molar-refractivity contribution in [2.24, 2.45) is 0 Å². The van der Waals surface area contributed by atoms with E-state index < -0.39 is 0 Å². The smallest absolute Gasteiger partial charge is 0.137 e. The van der Waals surface area contributed by atoms with E-state index in [4.69, 9.17) is 16.3 Å². The third kappa shape index (κ3) is 3.89. The molecule has 0 aliphatic carbocycles. The SMILES string of the molecule is CCc1ccc(OCCC2CCCCN2)c(Cl)c1. The van der Waals surface area contributed by atoms with Gasteiger partial charge in [0, 0.05) is 6.04 Å². The van der Waals surface area contributed by atoms with E-state index in [1.165, 1.54) is 24.8 Å². The number of hydrogen-bond acceptors (Lipinski definition) is 2. The second-order valence-corrected chi connectivity index (χ2v) is 5.31. The predicted octanol–water partition coefficient (Wildman–Crippen LogP) is 3.81. The van der Waals surface area contributed by atoms with Crippen LogP contribution in [0.4, 0.5) is 0 Å². The molecule has 1 unspecified atom stereocenters. The number of rotatable bonds is 5. The molecule has 18 heavy (non-hydrogen) atoms. The van der Waals surface area contributed by atoms with E-state index in [1.807, 2.05) is 12.1 Å². The summed E-state index contributed by atoms with van der Waals surface area (Å²) in [4.78, 5) is 0. The van der Waals surface area contributed by atoms with Crippen molar-refractivity contribution in [2.45, 2.75) is 45.1 Å². The van der Waals surface area contributed by atoms with Gasteiger partial charge in [0.25, 0.3) is 0 Å². The molecule has 1 fully saturated rings. The fourth-order valence-electron chi connectivity index (χ4n) is 2.36. The average molecular weight is 268 g/mol. The molecule has 1 aromatic rings. The van der Waals surface area contributed by atoms with Gasteiger partial charge < -0.3 is 10.1 Å². The number of halogens is 1. The molecule has 1 aromatic carbocycles. The van der Waals surface area contributed by atoms with Crippen molar-refractivity contribution in [3.05, 3.63) is 28.8 Å². The Labute approximate surface area is 115 Å². The van der Waals surface area contributed by atoms with Gasteiger partial charge in [0.15, 0.2) is 0 Å². The normalized spacial score (nSPS) is 19.8. The van der Waals surface area contributed by atoms with Crippen molar-refractivity contribution in [3.8, 4) is 5.75 Å². The van der Waals surface area contributed by atoms with Gasteiger partial charge in [-0.25, -0.2) is 0 Å². The number of ether oxygens (including phenoxy) is 1. The van der Waals surface area contributed by atoms with Crippen molar-refractivity contribution < 1.29 is 4.74 Å². The summed E-state index contributed by atoms with van der Waals surface area (Å²) in [5.74, 6) is 0.810. The molecule has 1 aliphatic heterocycles.